The van der Waals surface area contributed by atoms with Crippen molar-refractivity contribution < 1.29 is 14.6 Å². The molecule has 1 aromatic heterocycles. The minimum Gasteiger partial charge on any atom is -0.449 e. The molecule has 0 saturated carbocycles. The number of hydrogen-bond acceptors (Lipinski definition) is 4. The van der Waals surface area contributed by atoms with Gasteiger partial charge in [-0.05, 0) is 17.2 Å². The van der Waals surface area contributed by atoms with Crippen LogP contribution in [0.4, 0.5) is 4.79 Å². The molecule has 0 fully saturated rings. The number of carbonyl (C=O) groups is 1. The predicted octanol–water partition coefficient (Wildman–Crippen LogP) is 3.68. The van der Waals surface area contributed by atoms with Gasteiger partial charge in [0.25, 0.3) is 0 Å². The van der Waals surface area contributed by atoms with E-state index in [0.29, 0.717) is 16.8 Å². The molecule has 6 nitrogen and oxygen atoms in total. The van der Waals surface area contributed by atoms with Crippen LogP contribution in [-0.2, 0) is 7.05 Å². The summed E-state index contributed by atoms with van der Waals surface area (Å²) in [4.78, 5) is 10.7. The Labute approximate surface area is 138 Å². The second-order valence-electron chi connectivity index (χ2n) is 5.10. The van der Waals surface area contributed by atoms with Crippen LogP contribution in [0.25, 0.3) is 22.4 Å². The number of nitrogens with zero attached hydrogens (tertiary/aromatic N) is 3. The Balaban J connectivity index is 2.02. The van der Waals surface area contributed by atoms with E-state index in [1.807, 2.05) is 42.5 Å². The zero-order valence-electron chi connectivity index (χ0n) is 12.8. The largest absolute Gasteiger partial charge is 0.512 e. The predicted molar refractivity (Wildman–Crippen MR) is 87.4 cm³/mol. The molecule has 0 aliphatic rings. The Bertz CT molecular complexity index is 940. The van der Waals surface area contributed by atoms with Gasteiger partial charge in [0.15, 0.2) is 0 Å². The molecule has 0 saturated heterocycles. The van der Waals surface area contributed by atoms with E-state index < -0.39 is 6.16 Å². The molecule has 24 heavy (non-hydrogen) atoms. The number of carboxylic acid groups (broad SMARTS) is 1. The Morgan fingerprint density at radius 2 is 1.92 bits per heavy atom. The topological polar surface area (TPSA) is 88.1 Å². The van der Waals surface area contributed by atoms with Crippen LogP contribution < -0.4 is 4.74 Å². The second kappa shape index (κ2) is 6.26. The molecule has 0 amide bonds. The zero-order valence-corrected chi connectivity index (χ0v) is 12.8. The van der Waals surface area contributed by atoms with Crippen LogP contribution in [0.5, 0.6) is 5.88 Å². The van der Waals surface area contributed by atoms with Crippen LogP contribution >= 0.6 is 0 Å². The van der Waals surface area contributed by atoms with Gasteiger partial charge in [0.2, 0.25) is 5.88 Å². The molecule has 0 spiro atoms. The molecule has 2 aromatic carbocycles. The van der Waals surface area contributed by atoms with E-state index in [9.17, 15) is 10.1 Å². The number of rotatable bonds is 3. The smallest absolute Gasteiger partial charge is 0.449 e. The standard InChI is InChI=1S/C18H13N3O3/c1-21-17(24-18(22)23)10-16(20-21)13-7-8-15(14(9-13)11-19)12-5-3-2-4-6-12/h2-10H,1H3,(H,22,23). The Morgan fingerprint density at radius 3 is 2.58 bits per heavy atom. The molecule has 1 N–H and O–H groups in total. The Morgan fingerprint density at radius 1 is 1.17 bits per heavy atom. The molecule has 0 atom stereocenters. The first kappa shape index (κ1) is 15.3. The summed E-state index contributed by atoms with van der Waals surface area (Å²) in [7, 11) is 1.59. The normalized spacial score (nSPS) is 10.2. The minimum atomic E-state index is -1.40. The molecule has 3 rings (SSSR count). The number of benzene rings is 2. The van der Waals surface area contributed by atoms with Gasteiger partial charge >= 0.3 is 6.16 Å². The van der Waals surface area contributed by atoms with Crippen molar-refractivity contribution in [3.05, 3.63) is 60.2 Å². The van der Waals surface area contributed by atoms with Gasteiger partial charge in [0.1, 0.15) is 0 Å². The molecule has 0 bridgehead atoms. The van der Waals surface area contributed by atoms with Gasteiger partial charge in [-0.1, -0.05) is 42.5 Å². The van der Waals surface area contributed by atoms with E-state index in [-0.39, 0.29) is 5.88 Å². The van der Waals surface area contributed by atoms with Crippen molar-refractivity contribution >= 4 is 6.16 Å². The van der Waals surface area contributed by atoms with Gasteiger partial charge in [-0.25, -0.2) is 9.48 Å². The van der Waals surface area contributed by atoms with Crippen molar-refractivity contribution in [2.24, 2.45) is 7.05 Å². The SMILES string of the molecule is Cn1nc(-c2ccc(-c3ccccc3)c(C#N)c2)cc1OC(=O)O. The molecule has 0 radical (unpaired) electrons. The third-order valence-electron chi connectivity index (χ3n) is 3.55. The lowest BCUT2D eigenvalue weighted by Crippen LogP contribution is -2.06. The van der Waals surface area contributed by atoms with Crippen molar-refractivity contribution in [3.8, 4) is 34.3 Å². The summed E-state index contributed by atoms with van der Waals surface area (Å²) >= 11 is 0. The van der Waals surface area contributed by atoms with Crippen LogP contribution in [0.2, 0.25) is 0 Å². The first-order chi connectivity index (χ1) is 11.6. The van der Waals surface area contributed by atoms with Crippen LogP contribution in [-0.4, -0.2) is 21.0 Å². The minimum absolute atomic E-state index is 0.114. The first-order valence-electron chi connectivity index (χ1n) is 7.13. The van der Waals surface area contributed by atoms with E-state index >= 15 is 0 Å². The first-order valence-corrected chi connectivity index (χ1v) is 7.13. The van der Waals surface area contributed by atoms with Gasteiger partial charge in [0.05, 0.1) is 17.3 Å². The highest BCUT2D eigenvalue weighted by atomic mass is 16.7. The molecule has 0 aliphatic heterocycles. The lowest BCUT2D eigenvalue weighted by molar-refractivity contribution is 0.140. The molecule has 1 heterocycles. The fraction of sp³-hybridized carbons (Fsp3) is 0.0556. The second-order valence-corrected chi connectivity index (χ2v) is 5.10. The van der Waals surface area contributed by atoms with Gasteiger partial charge in [-0.3, -0.25) is 0 Å². The van der Waals surface area contributed by atoms with Crippen LogP contribution in [0.1, 0.15) is 5.56 Å². The van der Waals surface area contributed by atoms with E-state index in [4.69, 9.17) is 5.11 Å². The quantitative estimate of drug-likeness (QED) is 0.744. The molecule has 6 heteroatoms. The maximum atomic E-state index is 10.7. The summed E-state index contributed by atoms with van der Waals surface area (Å²) in [5.41, 5.74) is 3.55. The van der Waals surface area contributed by atoms with Crippen LogP contribution in [0, 0.1) is 11.3 Å². The fourth-order valence-corrected chi connectivity index (χ4v) is 2.44. The number of aryl methyl sites for hydroxylation is 1. The maximum absolute atomic E-state index is 10.7. The molecule has 0 unspecified atom stereocenters. The van der Waals surface area contributed by atoms with Crippen molar-refractivity contribution in [2.75, 3.05) is 0 Å². The van der Waals surface area contributed by atoms with Crippen LogP contribution in [0.15, 0.2) is 54.6 Å². The maximum Gasteiger partial charge on any atom is 0.512 e. The monoisotopic (exact) mass is 319 g/mol. The third kappa shape index (κ3) is 2.96. The molecular weight excluding hydrogens is 306 g/mol. The van der Waals surface area contributed by atoms with E-state index in [2.05, 4.69) is 15.9 Å². The lowest BCUT2D eigenvalue weighted by Gasteiger charge is -2.06. The zero-order chi connectivity index (χ0) is 17.1. The molecule has 0 aliphatic carbocycles. The van der Waals surface area contributed by atoms with E-state index in [0.717, 1.165) is 11.1 Å². The highest BCUT2D eigenvalue weighted by Gasteiger charge is 2.13. The molecular formula is C18H13N3O3. The summed E-state index contributed by atoms with van der Waals surface area (Å²) in [6.45, 7) is 0. The summed E-state index contributed by atoms with van der Waals surface area (Å²) in [6, 6.07) is 18.8. The van der Waals surface area contributed by atoms with Crippen molar-refractivity contribution in [1.82, 2.24) is 9.78 Å². The summed E-state index contributed by atoms with van der Waals surface area (Å²) in [5, 5.41) is 22.4. The van der Waals surface area contributed by atoms with Gasteiger partial charge in [0, 0.05) is 18.7 Å². The number of aromatic nitrogens is 2. The average molecular weight is 319 g/mol. The number of ether oxygens (including phenoxy) is 1. The highest BCUT2D eigenvalue weighted by molar-refractivity contribution is 5.75. The summed E-state index contributed by atoms with van der Waals surface area (Å²) < 4.78 is 5.98. The average Bonchev–Trinajstić information content (AvgIpc) is 2.95. The van der Waals surface area contributed by atoms with Gasteiger partial charge < -0.3 is 9.84 Å². The molecule has 3 aromatic rings. The van der Waals surface area contributed by atoms with E-state index in [1.54, 1.807) is 13.1 Å². The number of hydrogen-bond donors (Lipinski definition) is 1. The third-order valence-corrected chi connectivity index (χ3v) is 3.55. The lowest BCUT2D eigenvalue weighted by atomic mass is 9.97. The Hall–Kier alpha value is -3.59. The van der Waals surface area contributed by atoms with Gasteiger partial charge in [-0.15, -0.1) is 0 Å². The van der Waals surface area contributed by atoms with Gasteiger partial charge in [-0.2, -0.15) is 10.4 Å². The van der Waals surface area contributed by atoms with Crippen LogP contribution in [0.3, 0.4) is 0 Å². The van der Waals surface area contributed by atoms with Crippen molar-refractivity contribution in [2.45, 2.75) is 0 Å². The molecule has 118 valence electrons. The van der Waals surface area contributed by atoms with E-state index in [1.165, 1.54) is 10.7 Å². The fourth-order valence-electron chi connectivity index (χ4n) is 2.44. The van der Waals surface area contributed by atoms with Crippen molar-refractivity contribution in [3.63, 3.8) is 0 Å². The number of nitriles is 1. The highest BCUT2D eigenvalue weighted by Crippen LogP contribution is 2.29. The summed E-state index contributed by atoms with van der Waals surface area (Å²) in [6.07, 6.45) is -1.40. The Kier molecular flexibility index (Phi) is 4.00. The van der Waals surface area contributed by atoms with Crippen molar-refractivity contribution in [1.29, 1.82) is 5.26 Å². The summed E-state index contributed by atoms with van der Waals surface area (Å²) in [5.74, 6) is 0.114.